The zero-order valence-electron chi connectivity index (χ0n) is 9.70. The number of rotatable bonds is 6. The molecule has 1 unspecified atom stereocenters. The minimum Gasteiger partial charge on any atom is -0.229 e. The van der Waals surface area contributed by atoms with Crippen molar-refractivity contribution in [1.82, 2.24) is 0 Å². The van der Waals surface area contributed by atoms with Gasteiger partial charge in [0.25, 0.3) is 0 Å². The maximum atomic E-state index is 11.1. The summed E-state index contributed by atoms with van der Waals surface area (Å²) in [7, 11) is -2.87. The molecule has 0 heterocycles. The van der Waals surface area contributed by atoms with Gasteiger partial charge in [0, 0.05) is 22.4 Å². The Kier molecular flexibility index (Phi) is 5.97. The lowest BCUT2D eigenvalue weighted by Gasteiger charge is -2.14. The van der Waals surface area contributed by atoms with Gasteiger partial charge < -0.3 is 0 Å². The van der Waals surface area contributed by atoms with Crippen LogP contribution in [0, 0.1) is 0 Å². The molecule has 0 bridgehead atoms. The Labute approximate surface area is 116 Å². The number of sulfone groups is 1. The third-order valence-electron chi connectivity index (χ3n) is 2.57. The lowest BCUT2D eigenvalue weighted by atomic mass is 9.96. The molecule has 1 aromatic carbocycles. The van der Waals surface area contributed by atoms with Crippen LogP contribution in [0.25, 0.3) is 0 Å². The smallest absolute Gasteiger partial charge is 0.147 e. The Hall–Kier alpha value is -0.0600. The first-order valence-electron chi connectivity index (χ1n) is 5.41. The van der Waals surface area contributed by atoms with Crippen molar-refractivity contribution in [3.8, 4) is 0 Å². The van der Waals surface area contributed by atoms with Crippen molar-refractivity contribution in [2.75, 3.05) is 17.9 Å². The van der Waals surface area contributed by atoms with Crippen molar-refractivity contribution in [1.29, 1.82) is 0 Å². The average molecular weight is 340 g/mol. The van der Waals surface area contributed by atoms with E-state index in [9.17, 15) is 8.42 Å². The van der Waals surface area contributed by atoms with E-state index in [1.54, 1.807) is 0 Å². The summed E-state index contributed by atoms with van der Waals surface area (Å²) in [6.07, 6.45) is 2.72. The molecule has 0 fully saturated rings. The van der Waals surface area contributed by atoms with Crippen LogP contribution in [0.1, 0.15) is 24.3 Å². The molecular weight excluding hydrogens is 324 g/mol. The minimum atomic E-state index is -2.87. The predicted octanol–water partition coefficient (Wildman–Crippen LogP) is 3.60. The van der Waals surface area contributed by atoms with Gasteiger partial charge in [0.1, 0.15) is 9.84 Å². The third kappa shape index (κ3) is 5.89. The summed E-state index contributed by atoms with van der Waals surface area (Å²) in [5.74, 6) is 0.963. The summed E-state index contributed by atoms with van der Waals surface area (Å²) in [6.45, 7) is 0. The second-order valence-corrected chi connectivity index (χ2v) is 7.66. The first-order valence-corrected chi connectivity index (χ1v) is 8.80. The van der Waals surface area contributed by atoms with Gasteiger partial charge >= 0.3 is 0 Å². The summed E-state index contributed by atoms with van der Waals surface area (Å²) in [4.78, 5) is 0. The number of hydrogen-bond acceptors (Lipinski definition) is 2. The van der Waals surface area contributed by atoms with Gasteiger partial charge in [-0.05, 0) is 36.5 Å². The summed E-state index contributed by atoms with van der Waals surface area (Å²) < 4.78 is 23.1. The zero-order chi connectivity index (χ0) is 12.9. The van der Waals surface area contributed by atoms with Gasteiger partial charge in [-0.15, -0.1) is 11.6 Å². The van der Waals surface area contributed by atoms with Crippen LogP contribution in [0.15, 0.2) is 28.7 Å². The van der Waals surface area contributed by atoms with E-state index in [1.165, 1.54) is 6.26 Å². The van der Waals surface area contributed by atoms with Crippen molar-refractivity contribution in [2.45, 2.75) is 18.8 Å². The molecule has 0 amide bonds. The number of hydrogen-bond donors (Lipinski definition) is 0. The highest BCUT2D eigenvalue weighted by molar-refractivity contribution is 9.10. The Bertz CT molecular complexity index is 459. The van der Waals surface area contributed by atoms with Crippen molar-refractivity contribution < 1.29 is 8.42 Å². The Morgan fingerprint density at radius 1 is 1.41 bits per heavy atom. The van der Waals surface area contributed by atoms with Gasteiger partial charge in [0.15, 0.2) is 0 Å². The second kappa shape index (κ2) is 6.76. The van der Waals surface area contributed by atoms with Crippen LogP contribution in [0.2, 0.25) is 0 Å². The molecule has 0 spiro atoms. The topological polar surface area (TPSA) is 34.1 Å². The highest BCUT2D eigenvalue weighted by atomic mass is 79.9. The summed E-state index contributed by atoms with van der Waals surface area (Å²) >= 11 is 9.36. The molecule has 1 rings (SSSR count). The van der Waals surface area contributed by atoms with Crippen LogP contribution < -0.4 is 0 Å². The van der Waals surface area contributed by atoms with Crippen LogP contribution in [0.5, 0.6) is 0 Å². The van der Waals surface area contributed by atoms with Crippen molar-refractivity contribution in [3.05, 3.63) is 34.3 Å². The molecule has 0 saturated carbocycles. The van der Waals surface area contributed by atoms with Crippen LogP contribution in [0.3, 0.4) is 0 Å². The molecule has 96 valence electrons. The Morgan fingerprint density at radius 3 is 2.65 bits per heavy atom. The monoisotopic (exact) mass is 338 g/mol. The molecule has 1 aromatic rings. The average Bonchev–Trinajstić information content (AvgIpc) is 2.23. The standard InChI is InChI=1S/C12H16BrClO2S/c1-17(15,16)7-3-5-11(9-14)10-4-2-6-12(13)8-10/h2,4,6,8,11H,3,5,7,9H2,1H3. The van der Waals surface area contributed by atoms with E-state index in [4.69, 9.17) is 11.6 Å². The number of benzene rings is 1. The van der Waals surface area contributed by atoms with Crippen molar-refractivity contribution in [2.24, 2.45) is 0 Å². The molecule has 17 heavy (non-hydrogen) atoms. The van der Waals surface area contributed by atoms with Crippen LogP contribution >= 0.6 is 27.5 Å². The Morgan fingerprint density at radius 2 is 2.12 bits per heavy atom. The highest BCUT2D eigenvalue weighted by Crippen LogP contribution is 2.25. The highest BCUT2D eigenvalue weighted by Gasteiger charge is 2.12. The number of alkyl halides is 1. The number of halogens is 2. The van der Waals surface area contributed by atoms with E-state index in [0.29, 0.717) is 12.3 Å². The maximum absolute atomic E-state index is 11.1. The SMILES string of the molecule is CS(=O)(=O)CCCC(CCl)c1cccc(Br)c1. The molecule has 0 aromatic heterocycles. The third-order valence-corrected chi connectivity index (χ3v) is 4.47. The lowest BCUT2D eigenvalue weighted by molar-refractivity contribution is 0.592. The van der Waals surface area contributed by atoms with E-state index in [2.05, 4.69) is 15.9 Å². The molecule has 0 aliphatic rings. The fourth-order valence-corrected chi connectivity index (χ4v) is 3.13. The Balaban J connectivity index is 2.60. The summed E-state index contributed by atoms with van der Waals surface area (Å²) in [5, 5.41) is 0. The zero-order valence-corrected chi connectivity index (χ0v) is 12.9. The molecule has 0 saturated heterocycles. The van der Waals surface area contributed by atoms with Gasteiger partial charge in [0.05, 0.1) is 0 Å². The molecule has 0 aliphatic carbocycles. The summed E-state index contributed by atoms with van der Waals surface area (Å²) in [6, 6.07) is 7.99. The molecule has 5 heteroatoms. The first kappa shape index (κ1) is 15.0. The van der Waals surface area contributed by atoms with E-state index < -0.39 is 9.84 Å². The first-order chi connectivity index (χ1) is 7.92. The van der Waals surface area contributed by atoms with Gasteiger partial charge in [-0.2, -0.15) is 0 Å². The van der Waals surface area contributed by atoms with E-state index >= 15 is 0 Å². The largest absolute Gasteiger partial charge is 0.229 e. The maximum Gasteiger partial charge on any atom is 0.147 e. The molecule has 0 N–H and O–H groups in total. The van der Waals surface area contributed by atoms with Gasteiger partial charge in [-0.3, -0.25) is 0 Å². The molecule has 2 nitrogen and oxygen atoms in total. The van der Waals surface area contributed by atoms with Crippen molar-refractivity contribution >= 4 is 37.4 Å². The quantitative estimate of drug-likeness (QED) is 0.742. The normalized spacial score (nSPS) is 13.6. The minimum absolute atomic E-state index is 0.218. The second-order valence-electron chi connectivity index (χ2n) is 4.18. The van der Waals surface area contributed by atoms with Crippen LogP contribution in [-0.4, -0.2) is 26.3 Å². The van der Waals surface area contributed by atoms with E-state index in [-0.39, 0.29) is 11.7 Å². The van der Waals surface area contributed by atoms with Gasteiger partial charge in [-0.1, -0.05) is 28.1 Å². The lowest BCUT2D eigenvalue weighted by Crippen LogP contribution is -2.07. The van der Waals surface area contributed by atoms with E-state index in [1.807, 2.05) is 24.3 Å². The van der Waals surface area contributed by atoms with Crippen LogP contribution in [-0.2, 0) is 9.84 Å². The predicted molar refractivity (Wildman–Crippen MR) is 76.5 cm³/mol. The fourth-order valence-electron chi connectivity index (χ4n) is 1.69. The summed E-state index contributed by atoms with van der Waals surface area (Å²) in [5.41, 5.74) is 1.16. The van der Waals surface area contributed by atoms with Crippen molar-refractivity contribution in [3.63, 3.8) is 0 Å². The molecule has 0 aliphatic heterocycles. The van der Waals surface area contributed by atoms with E-state index in [0.717, 1.165) is 16.5 Å². The van der Waals surface area contributed by atoms with Gasteiger partial charge in [-0.25, -0.2) is 8.42 Å². The molecular formula is C12H16BrClO2S. The van der Waals surface area contributed by atoms with Crippen LogP contribution in [0.4, 0.5) is 0 Å². The molecule has 1 atom stereocenters. The fraction of sp³-hybridized carbons (Fsp3) is 0.500. The molecule has 0 radical (unpaired) electrons. The van der Waals surface area contributed by atoms with Gasteiger partial charge in [0.2, 0.25) is 0 Å².